The standard InChI is InChI=1S/C24BF20.C13H12N5O/c26-5-1(6(27)14(35)21(42)13(5)34)25(2-7(28)15(36)22(43)16(37)8(2)29,3-9(30)17(38)23(44)18(39)10(3)31)4-11(32)19(40)24(45)20(41)12(4)33;14-17-16-9-13(19)12-8-15-6-7-18(12)10-11-4-2-1-3-5-11/h;1-8H,9-10H2/q-1;+1. The van der Waals surface area contributed by atoms with Gasteiger partial charge in [-0.25, -0.2) is 87.8 Å². The summed E-state index contributed by atoms with van der Waals surface area (Å²) in [5.74, 6) is -71.7. The highest BCUT2D eigenvalue weighted by molar-refractivity contribution is 7.20. The van der Waals surface area contributed by atoms with Crippen LogP contribution in [0.4, 0.5) is 87.8 Å². The number of rotatable bonds is 9. The number of halogens is 20. The third-order valence-electron chi connectivity index (χ3n) is 9.31. The van der Waals surface area contributed by atoms with Gasteiger partial charge in [0, 0.05) is 10.5 Å². The predicted octanol–water partition coefficient (Wildman–Crippen LogP) is 7.76. The number of hydrogen-bond donors (Lipinski definition) is 0. The van der Waals surface area contributed by atoms with Crippen LogP contribution in [0.2, 0.25) is 0 Å². The van der Waals surface area contributed by atoms with Crippen LogP contribution in [-0.4, -0.2) is 23.5 Å². The van der Waals surface area contributed by atoms with E-state index in [2.05, 4.69) is 15.0 Å². The molecule has 1 aromatic heterocycles. The summed E-state index contributed by atoms with van der Waals surface area (Å²) in [6.07, 6.45) is -2.38. The quantitative estimate of drug-likeness (QED) is 0.0171. The Morgan fingerprint density at radius 1 is 0.500 bits per heavy atom. The molecule has 6 nitrogen and oxygen atoms in total. The number of Topliss-reactive ketones (excluding diaryl/α,β-unsaturated/α-hetero) is 1. The van der Waals surface area contributed by atoms with Crippen LogP contribution in [0, 0.1) is 116 Å². The van der Waals surface area contributed by atoms with Gasteiger partial charge < -0.3 is 0 Å². The smallest absolute Gasteiger partial charge is 0.267 e. The second-order valence-corrected chi connectivity index (χ2v) is 12.7. The van der Waals surface area contributed by atoms with Crippen LogP contribution < -0.4 is 26.4 Å². The van der Waals surface area contributed by atoms with Crippen molar-refractivity contribution in [1.29, 1.82) is 0 Å². The Bertz CT molecular complexity index is 2550. The van der Waals surface area contributed by atoms with Crippen LogP contribution in [-0.2, 0) is 6.54 Å². The lowest BCUT2D eigenvalue weighted by atomic mass is 9.12. The average molecular weight is 933 g/mol. The van der Waals surface area contributed by atoms with Crippen LogP contribution in [0.1, 0.15) is 16.1 Å². The zero-order valence-electron chi connectivity index (χ0n) is 30.3. The fourth-order valence-corrected chi connectivity index (χ4v) is 6.59. The molecule has 0 aliphatic heterocycles. The average Bonchev–Trinajstić information content (AvgIpc) is 3.28. The largest absolute Gasteiger partial charge is 0.287 e. The van der Waals surface area contributed by atoms with E-state index < -0.39 is 144 Å². The third-order valence-corrected chi connectivity index (χ3v) is 9.31. The van der Waals surface area contributed by atoms with Crippen LogP contribution >= 0.6 is 0 Å². The number of aromatic nitrogens is 2. The second kappa shape index (κ2) is 18.3. The van der Waals surface area contributed by atoms with Gasteiger partial charge in [-0.15, -0.1) is 21.9 Å². The van der Waals surface area contributed by atoms with E-state index in [0.29, 0.717) is 12.2 Å². The summed E-state index contributed by atoms with van der Waals surface area (Å²) in [5, 5.41) is 3.29. The van der Waals surface area contributed by atoms with E-state index >= 15 is 35.1 Å². The molecule has 0 amide bonds. The van der Waals surface area contributed by atoms with E-state index in [1.807, 2.05) is 30.3 Å². The maximum absolute atomic E-state index is 15.4. The van der Waals surface area contributed by atoms with E-state index in [-0.39, 0.29) is 12.3 Å². The van der Waals surface area contributed by atoms with Crippen molar-refractivity contribution in [3.63, 3.8) is 0 Å². The van der Waals surface area contributed by atoms with E-state index in [9.17, 15) is 57.5 Å². The van der Waals surface area contributed by atoms with Gasteiger partial charge in [0.1, 0.15) is 58.9 Å². The first-order chi connectivity index (χ1) is 30.0. The van der Waals surface area contributed by atoms with Gasteiger partial charge in [0.05, 0.1) is 12.7 Å². The predicted molar refractivity (Wildman–Crippen MR) is 178 cm³/mol. The van der Waals surface area contributed by atoms with Crippen LogP contribution in [0.3, 0.4) is 0 Å². The van der Waals surface area contributed by atoms with E-state index in [1.54, 1.807) is 17.0 Å². The van der Waals surface area contributed by atoms with Gasteiger partial charge in [0.15, 0.2) is 82.5 Å². The van der Waals surface area contributed by atoms with E-state index in [0.717, 1.165) is 5.56 Å². The Morgan fingerprint density at radius 3 is 1.09 bits per heavy atom. The van der Waals surface area contributed by atoms with Gasteiger partial charge >= 0.3 is 0 Å². The minimum absolute atomic E-state index is 0.197. The number of hydrogen-bond acceptors (Lipinski definition) is 3. The summed E-state index contributed by atoms with van der Waals surface area (Å²) >= 11 is 0. The molecule has 6 aromatic rings. The molecule has 27 heteroatoms. The molecule has 0 fully saturated rings. The number of carbonyl (C=O) groups is 1. The number of nitrogens with zero attached hydrogens (tertiary/aromatic N) is 5. The molecule has 64 heavy (non-hydrogen) atoms. The molecule has 334 valence electrons. The number of benzene rings is 5. The molecule has 0 unspecified atom stereocenters. The summed E-state index contributed by atoms with van der Waals surface area (Å²) in [5.41, 5.74) is -4.57. The van der Waals surface area contributed by atoms with Crippen molar-refractivity contribution >= 4 is 33.8 Å². The minimum atomic E-state index is -7.22. The molecular weight excluding hydrogens is 921 g/mol. The van der Waals surface area contributed by atoms with Gasteiger partial charge in [-0.05, 0) is 5.53 Å². The van der Waals surface area contributed by atoms with Crippen molar-refractivity contribution in [3.8, 4) is 0 Å². The van der Waals surface area contributed by atoms with Gasteiger partial charge in [0.25, 0.3) is 5.69 Å². The van der Waals surface area contributed by atoms with Gasteiger partial charge in [-0.2, -0.15) is 4.57 Å². The molecule has 0 saturated carbocycles. The zero-order chi connectivity index (χ0) is 47.9. The van der Waals surface area contributed by atoms with E-state index in [1.165, 1.54) is 6.20 Å². The highest BCUT2D eigenvalue weighted by atomic mass is 19.2. The van der Waals surface area contributed by atoms with Gasteiger partial charge in [0.2, 0.25) is 5.78 Å². The molecule has 6 rings (SSSR count). The minimum Gasteiger partial charge on any atom is -0.287 e. The molecule has 0 spiro atoms. The maximum atomic E-state index is 15.4. The Morgan fingerprint density at radius 2 is 0.797 bits per heavy atom. The van der Waals surface area contributed by atoms with Crippen molar-refractivity contribution in [1.82, 2.24) is 4.98 Å². The molecule has 0 saturated heterocycles. The van der Waals surface area contributed by atoms with Crippen LogP contribution in [0.5, 0.6) is 0 Å². The molecule has 0 N–H and O–H groups in total. The fraction of sp³-hybridized carbons (Fsp3) is 0.0541. The Kier molecular flexibility index (Phi) is 13.7. The monoisotopic (exact) mass is 933 g/mol. The molecule has 0 atom stereocenters. The first kappa shape index (κ1) is 47.9. The number of azide groups is 1. The van der Waals surface area contributed by atoms with Crippen molar-refractivity contribution in [2.24, 2.45) is 5.11 Å². The second-order valence-electron chi connectivity index (χ2n) is 12.7. The molecule has 0 aliphatic rings. The van der Waals surface area contributed by atoms with Crippen molar-refractivity contribution in [3.05, 3.63) is 187 Å². The van der Waals surface area contributed by atoms with Gasteiger partial charge in [-0.3, -0.25) is 9.78 Å². The lowest BCUT2D eigenvalue weighted by Gasteiger charge is -2.44. The fourth-order valence-electron chi connectivity index (χ4n) is 6.59. The van der Waals surface area contributed by atoms with Crippen molar-refractivity contribution < 1.29 is 97.2 Å². The molecule has 0 radical (unpaired) electrons. The Balaban J connectivity index is 0.000000337. The SMILES string of the molecule is Fc1c(F)c(F)c([B-](c2c(F)c(F)c(F)c(F)c2F)(c2c(F)c(F)c(F)c(F)c2F)c2c(F)c(F)c(F)c(F)c2F)c(F)c1F.[N-]=[N+]=NCC(=O)c1cncc[n+]1Cc1ccccc1. The topological polar surface area (TPSA) is 82.6 Å². The normalized spacial score (nSPS) is 11.3. The molecule has 0 bridgehead atoms. The molecule has 0 aliphatic carbocycles. The zero-order valence-corrected chi connectivity index (χ0v) is 30.3. The molecule has 1 heterocycles. The Labute approximate surface area is 341 Å². The molecular formula is C37H12BF20N5O. The Hall–Kier alpha value is -7.18. The van der Waals surface area contributed by atoms with E-state index in [4.69, 9.17) is 5.53 Å². The summed E-state index contributed by atoms with van der Waals surface area (Å²) in [7, 11) is 0. The first-order valence-corrected chi connectivity index (χ1v) is 16.7. The highest BCUT2D eigenvalue weighted by Gasteiger charge is 2.52. The molecule has 5 aromatic carbocycles. The summed E-state index contributed by atoms with van der Waals surface area (Å²) in [6, 6.07) is 9.79. The lowest BCUT2D eigenvalue weighted by molar-refractivity contribution is -0.690. The van der Waals surface area contributed by atoms with Crippen molar-refractivity contribution in [2.75, 3.05) is 6.54 Å². The third kappa shape index (κ3) is 7.68. The van der Waals surface area contributed by atoms with Crippen molar-refractivity contribution in [2.45, 2.75) is 6.54 Å². The lowest BCUT2D eigenvalue weighted by Crippen LogP contribution is -2.81. The first-order valence-electron chi connectivity index (χ1n) is 16.7. The summed E-state index contributed by atoms with van der Waals surface area (Å²) < 4.78 is 296. The maximum Gasteiger partial charge on any atom is 0.267 e. The summed E-state index contributed by atoms with van der Waals surface area (Å²) in [4.78, 5) is 18.4. The number of carbonyl (C=O) groups excluding carboxylic acids is 1. The number of ketones is 1. The van der Waals surface area contributed by atoms with Crippen LogP contribution in [0.15, 0.2) is 54.0 Å². The summed E-state index contributed by atoms with van der Waals surface area (Å²) in [6.45, 7) is 0.373. The van der Waals surface area contributed by atoms with Crippen LogP contribution in [0.25, 0.3) is 10.4 Å². The highest BCUT2D eigenvalue weighted by Crippen LogP contribution is 2.30. The van der Waals surface area contributed by atoms with Gasteiger partial charge in [-0.1, -0.05) is 35.4 Å².